The third-order valence-electron chi connectivity index (χ3n) is 4.79. The van der Waals surface area contributed by atoms with E-state index in [-0.39, 0.29) is 0 Å². The summed E-state index contributed by atoms with van der Waals surface area (Å²) in [4.78, 5) is 5.14. The molecule has 3 rings (SSSR count). The van der Waals surface area contributed by atoms with Gasteiger partial charge in [-0.1, -0.05) is 31.2 Å². The number of likely N-dealkylation sites (N-methyl/N-ethyl adjacent to an activating group) is 1. The third-order valence-corrected chi connectivity index (χ3v) is 4.79. The van der Waals surface area contributed by atoms with Crippen molar-refractivity contribution in [3.63, 3.8) is 0 Å². The number of rotatable bonds is 2. The van der Waals surface area contributed by atoms with Crippen molar-refractivity contribution in [3.05, 3.63) is 35.4 Å². The zero-order valence-electron chi connectivity index (χ0n) is 11.9. The first kappa shape index (κ1) is 13.1. The molecule has 0 amide bonds. The number of hydrogen-bond acceptors (Lipinski definition) is 3. The van der Waals surface area contributed by atoms with Gasteiger partial charge in [0, 0.05) is 31.7 Å². The second-order valence-corrected chi connectivity index (χ2v) is 5.90. The monoisotopic (exact) mass is 259 g/mol. The lowest BCUT2D eigenvalue weighted by molar-refractivity contribution is 0.0750. The van der Waals surface area contributed by atoms with E-state index >= 15 is 0 Å². The maximum atomic E-state index is 6.38. The molecule has 0 saturated carbocycles. The molecule has 2 aliphatic rings. The van der Waals surface area contributed by atoms with Gasteiger partial charge in [-0.2, -0.15) is 0 Å². The van der Waals surface area contributed by atoms with Crippen molar-refractivity contribution in [2.24, 2.45) is 5.73 Å². The van der Waals surface area contributed by atoms with Crippen LogP contribution in [0, 0.1) is 0 Å². The van der Waals surface area contributed by atoms with Crippen molar-refractivity contribution in [3.8, 4) is 0 Å². The highest BCUT2D eigenvalue weighted by atomic mass is 15.2. The highest BCUT2D eigenvalue weighted by Crippen LogP contribution is 2.23. The third kappa shape index (κ3) is 2.69. The molecule has 1 aromatic carbocycles. The minimum Gasteiger partial charge on any atom is -0.326 e. The average Bonchev–Trinajstić information content (AvgIpc) is 2.47. The molecule has 3 nitrogen and oxygen atoms in total. The number of hydrogen-bond donors (Lipinski definition) is 1. The van der Waals surface area contributed by atoms with E-state index in [0.717, 1.165) is 32.6 Å². The number of piperidine rings is 1. The first-order valence-corrected chi connectivity index (χ1v) is 7.56. The molecule has 1 fully saturated rings. The summed E-state index contributed by atoms with van der Waals surface area (Å²) in [5, 5.41) is 0. The maximum absolute atomic E-state index is 6.38. The van der Waals surface area contributed by atoms with Crippen LogP contribution in [-0.2, 0) is 13.0 Å². The standard InChI is InChI=1S/C16H25N3/c1-2-18-9-8-15(17)16(12-18)19-10-7-13-5-3-4-6-14(13)11-19/h3-6,15-16H,2,7-12,17H2,1H3. The fraction of sp³-hybridized carbons (Fsp3) is 0.625. The lowest BCUT2D eigenvalue weighted by atomic mass is 9.93. The normalized spacial score (nSPS) is 29.2. The van der Waals surface area contributed by atoms with E-state index in [1.807, 2.05) is 0 Å². The molecule has 1 saturated heterocycles. The second-order valence-electron chi connectivity index (χ2n) is 5.90. The van der Waals surface area contributed by atoms with Gasteiger partial charge in [-0.05, 0) is 37.1 Å². The Bertz CT molecular complexity index is 432. The Morgan fingerprint density at radius 1 is 1.21 bits per heavy atom. The Kier molecular flexibility index (Phi) is 3.87. The van der Waals surface area contributed by atoms with Crippen LogP contribution in [0.25, 0.3) is 0 Å². The number of fused-ring (bicyclic) bond motifs is 1. The Balaban J connectivity index is 1.73. The Labute approximate surface area is 116 Å². The lowest BCUT2D eigenvalue weighted by Gasteiger charge is -2.44. The van der Waals surface area contributed by atoms with Gasteiger partial charge in [-0.15, -0.1) is 0 Å². The maximum Gasteiger partial charge on any atom is 0.0378 e. The van der Waals surface area contributed by atoms with Crippen LogP contribution >= 0.6 is 0 Å². The van der Waals surface area contributed by atoms with Gasteiger partial charge < -0.3 is 10.6 Å². The predicted octanol–water partition coefficient (Wildman–Crippen LogP) is 1.47. The molecule has 0 radical (unpaired) electrons. The topological polar surface area (TPSA) is 32.5 Å². The molecule has 104 valence electrons. The van der Waals surface area contributed by atoms with E-state index in [1.165, 1.54) is 24.1 Å². The van der Waals surface area contributed by atoms with E-state index in [1.54, 1.807) is 0 Å². The van der Waals surface area contributed by atoms with Crippen LogP contribution in [0.3, 0.4) is 0 Å². The van der Waals surface area contributed by atoms with Crippen LogP contribution in [0.5, 0.6) is 0 Å². The number of benzene rings is 1. The molecule has 2 aliphatic heterocycles. The highest BCUT2D eigenvalue weighted by molar-refractivity contribution is 5.29. The molecule has 2 heterocycles. The fourth-order valence-electron chi connectivity index (χ4n) is 3.49. The van der Waals surface area contributed by atoms with Gasteiger partial charge in [-0.3, -0.25) is 4.90 Å². The molecule has 0 aromatic heterocycles. The summed E-state index contributed by atoms with van der Waals surface area (Å²) in [6, 6.07) is 9.72. The van der Waals surface area contributed by atoms with E-state index in [2.05, 4.69) is 41.0 Å². The van der Waals surface area contributed by atoms with Gasteiger partial charge in [0.2, 0.25) is 0 Å². The quantitative estimate of drug-likeness (QED) is 0.873. The van der Waals surface area contributed by atoms with Gasteiger partial charge in [0.05, 0.1) is 0 Å². The molecule has 1 aromatic rings. The summed E-state index contributed by atoms with van der Waals surface area (Å²) < 4.78 is 0. The molecule has 2 unspecified atom stereocenters. The van der Waals surface area contributed by atoms with Crippen molar-refractivity contribution in [2.45, 2.75) is 38.4 Å². The lowest BCUT2D eigenvalue weighted by Crippen LogP contribution is -2.58. The largest absolute Gasteiger partial charge is 0.326 e. The minimum atomic E-state index is 0.341. The molecule has 0 spiro atoms. The van der Waals surface area contributed by atoms with Crippen molar-refractivity contribution in [2.75, 3.05) is 26.2 Å². The zero-order chi connectivity index (χ0) is 13.2. The molecular formula is C16H25N3. The van der Waals surface area contributed by atoms with Crippen LogP contribution in [-0.4, -0.2) is 48.1 Å². The molecule has 0 aliphatic carbocycles. The zero-order valence-corrected chi connectivity index (χ0v) is 11.9. The Morgan fingerprint density at radius 3 is 2.79 bits per heavy atom. The summed E-state index contributed by atoms with van der Waals surface area (Å²) in [5.74, 6) is 0. The first-order chi connectivity index (χ1) is 9.28. The second kappa shape index (κ2) is 5.61. The van der Waals surface area contributed by atoms with Gasteiger partial charge in [0.1, 0.15) is 0 Å². The van der Waals surface area contributed by atoms with Crippen molar-refractivity contribution in [1.29, 1.82) is 0 Å². The molecular weight excluding hydrogens is 234 g/mol. The number of nitrogens with two attached hydrogens (primary N) is 1. The molecule has 19 heavy (non-hydrogen) atoms. The van der Waals surface area contributed by atoms with Crippen LogP contribution in [0.15, 0.2) is 24.3 Å². The van der Waals surface area contributed by atoms with Crippen molar-refractivity contribution >= 4 is 0 Å². The summed E-state index contributed by atoms with van der Waals surface area (Å²) in [7, 11) is 0. The molecule has 2 atom stereocenters. The predicted molar refractivity (Wildman–Crippen MR) is 79.1 cm³/mol. The smallest absolute Gasteiger partial charge is 0.0378 e. The first-order valence-electron chi connectivity index (χ1n) is 7.56. The van der Waals surface area contributed by atoms with Crippen LogP contribution < -0.4 is 5.73 Å². The number of likely N-dealkylation sites (tertiary alicyclic amines) is 1. The SMILES string of the molecule is CCN1CCC(N)C(N2CCc3ccccc3C2)C1. The van der Waals surface area contributed by atoms with Crippen molar-refractivity contribution in [1.82, 2.24) is 9.80 Å². The van der Waals surface area contributed by atoms with Gasteiger partial charge >= 0.3 is 0 Å². The van der Waals surface area contributed by atoms with E-state index < -0.39 is 0 Å². The molecule has 2 N–H and O–H groups in total. The van der Waals surface area contributed by atoms with E-state index in [4.69, 9.17) is 5.73 Å². The van der Waals surface area contributed by atoms with E-state index in [0.29, 0.717) is 12.1 Å². The Hall–Kier alpha value is -0.900. The van der Waals surface area contributed by atoms with Crippen LogP contribution in [0.2, 0.25) is 0 Å². The molecule has 3 heteroatoms. The fourth-order valence-corrected chi connectivity index (χ4v) is 3.49. The van der Waals surface area contributed by atoms with Gasteiger partial charge in [0.15, 0.2) is 0 Å². The summed E-state index contributed by atoms with van der Waals surface area (Å²) >= 11 is 0. The highest BCUT2D eigenvalue weighted by Gasteiger charge is 2.32. The van der Waals surface area contributed by atoms with Crippen LogP contribution in [0.4, 0.5) is 0 Å². The summed E-state index contributed by atoms with van der Waals surface area (Å²) in [6.07, 6.45) is 2.31. The summed E-state index contributed by atoms with van der Waals surface area (Å²) in [5.41, 5.74) is 9.40. The van der Waals surface area contributed by atoms with Crippen molar-refractivity contribution < 1.29 is 0 Å². The Morgan fingerprint density at radius 2 is 2.00 bits per heavy atom. The number of nitrogens with zero attached hydrogens (tertiary/aromatic N) is 2. The molecule has 0 bridgehead atoms. The van der Waals surface area contributed by atoms with Crippen LogP contribution in [0.1, 0.15) is 24.5 Å². The average molecular weight is 259 g/mol. The summed E-state index contributed by atoms with van der Waals surface area (Å²) in [6.45, 7) is 7.94. The van der Waals surface area contributed by atoms with Gasteiger partial charge in [-0.25, -0.2) is 0 Å². The van der Waals surface area contributed by atoms with E-state index in [9.17, 15) is 0 Å². The van der Waals surface area contributed by atoms with Gasteiger partial charge in [0.25, 0.3) is 0 Å². The minimum absolute atomic E-state index is 0.341.